The van der Waals surface area contributed by atoms with E-state index in [9.17, 15) is 9.59 Å². The SMILES string of the molecule is COc1cccc2nc(C)nc(SCC(=O)c3ccc(CNC(=O)CO)s3)c12. The van der Waals surface area contributed by atoms with Gasteiger partial charge in [-0.25, -0.2) is 9.97 Å². The molecule has 0 radical (unpaired) electrons. The van der Waals surface area contributed by atoms with E-state index in [4.69, 9.17) is 9.84 Å². The first kappa shape index (κ1) is 20.2. The number of ether oxygens (including phenoxy) is 1. The Balaban J connectivity index is 1.73. The van der Waals surface area contributed by atoms with Crippen LogP contribution in [0.5, 0.6) is 5.75 Å². The van der Waals surface area contributed by atoms with Crippen molar-refractivity contribution in [2.24, 2.45) is 0 Å². The number of aryl methyl sites for hydroxylation is 1. The average molecular weight is 418 g/mol. The van der Waals surface area contributed by atoms with Crippen molar-refractivity contribution in [3.8, 4) is 5.75 Å². The number of methoxy groups -OCH3 is 1. The number of aliphatic hydroxyl groups is 1. The summed E-state index contributed by atoms with van der Waals surface area (Å²) in [5, 5.41) is 12.8. The van der Waals surface area contributed by atoms with E-state index >= 15 is 0 Å². The second-order valence-electron chi connectivity index (χ2n) is 5.84. The first-order chi connectivity index (χ1) is 13.5. The number of carbonyl (C=O) groups excluding carboxylic acids is 2. The lowest BCUT2D eigenvalue weighted by Crippen LogP contribution is -2.25. The van der Waals surface area contributed by atoms with Crippen LogP contribution in [0.25, 0.3) is 10.9 Å². The molecule has 0 fully saturated rings. The van der Waals surface area contributed by atoms with Crippen molar-refractivity contribution in [3.05, 3.63) is 45.9 Å². The molecule has 0 aliphatic rings. The Bertz CT molecular complexity index is 1020. The lowest BCUT2D eigenvalue weighted by atomic mass is 10.2. The molecule has 3 aromatic rings. The Hall–Kier alpha value is -2.49. The molecule has 1 aromatic carbocycles. The molecule has 0 aliphatic heterocycles. The quantitative estimate of drug-likeness (QED) is 0.330. The molecule has 0 bridgehead atoms. The van der Waals surface area contributed by atoms with Crippen LogP contribution in [0.15, 0.2) is 35.4 Å². The maximum atomic E-state index is 12.6. The number of nitrogens with zero attached hydrogens (tertiary/aromatic N) is 2. The van der Waals surface area contributed by atoms with Gasteiger partial charge in [0.2, 0.25) is 5.91 Å². The number of amides is 1. The van der Waals surface area contributed by atoms with Gasteiger partial charge in [0.15, 0.2) is 5.78 Å². The van der Waals surface area contributed by atoms with Crippen molar-refractivity contribution in [3.63, 3.8) is 0 Å². The van der Waals surface area contributed by atoms with Crippen LogP contribution in [0.3, 0.4) is 0 Å². The molecule has 146 valence electrons. The van der Waals surface area contributed by atoms with Gasteiger partial charge in [-0.05, 0) is 31.2 Å². The van der Waals surface area contributed by atoms with Crippen molar-refractivity contribution >= 4 is 45.7 Å². The number of aliphatic hydroxyl groups excluding tert-OH is 1. The van der Waals surface area contributed by atoms with Crippen LogP contribution in [0, 0.1) is 6.92 Å². The number of benzene rings is 1. The number of Topliss-reactive ketones (excluding diaryl/α,β-unsaturated/α-hetero) is 1. The second-order valence-corrected chi connectivity index (χ2v) is 7.98. The van der Waals surface area contributed by atoms with Crippen LogP contribution in [0.4, 0.5) is 0 Å². The van der Waals surface area contributed by atoms with E-state index in [1.165, 1.54) is 23.1 Å². The van der Waals surface area contributed by atoms with Crippen LogP contribution >= 0.6 is 23.1 Å². The fraction of sp³-hybridized carbons (Fsp3) is 0.263. The number of hydrogen-bond acceptors (Lipinski definition) is 8. The second kappa shape index (κ2) is 9.13. The summed E-state index contributed by atoms with van der Waals surface area (Å²) < 4.78 is 5.43. The number of hydrogen-bond donors (Lipinski definition) is 2. The van der Waals surface area contributed by atoms with Gasteiger partial charge in [-0.2, -0.15) is 0 Å². The van der Waals surface area contributed by atoms with Gasteiger partial charge in [-0.1, -0.05) is 17.8 Å². The van der Waals surface area contributed by atoms with Gasteiger partial charge in [-0.3, -0.25) is 9.59 Å². The first-order valence-electron chi connectivity index (χ1n) is 8.45. The van der Waals surface area contributed by atoms with Gasteiger partial charge in [0, 0.05) is 4.88 Å². The Kier molecular flexibility index (Phi) is 6.61. The number of carbonyl (C=O) groups is 2. The molecule has 0 saturated carbocycles. The van der Waals surface area contributed by atoms with E-state index in [1.54, 1.807) is 19.2 Å². The Labute approximate surface area is 170 Å². The first-order valence-corrected chi connectivity index (χ1v) is 10.3. The number of nitrogens with one attached hydrogen (secondary N) is 1. The Morgan fingerprint density at radius 1 is 1.25 bits per heavy atom. The number of ketones is 1. The highest BCUT2D eigenvalue weighted by molar-refractivity contribution is 8.00. The van der Waals surface area contributed by atoms with Crippen molar-refractivity contribution < 1.29 is 19.4 Å². The average Bonchev–Trinajstić information content (AvgIpc) is 3.18. The van der Waals surface area contributed by atoms with Gasteiger partial charge in [-0.15, -0.1) is 11.3 Å². The summed E-state index contributed by atoms with van der Waals surface area (Å²) in [5.74, 6) is 1.07. The summed E-state index contributed by atoms with van der Waals surface area (Å²) in [4.78, 5) is 34.1. The zero-order valence-electron chi connectivity index (χ0n) is 15.4. The molecule has 7 nitrogen and oxygen atoms in total. The van der Waals surface area contributed by atoms with Crippen molar-refractivity contribution in [1.82, 2.24) is 15.3 Å². The van der Waals surface area contributed by atoms with E-state index < -0.39 is 12.5 Å². The third-order valence-corrected chi connectivity index (χ3v) is 5.97. The van der Waals surface area contributed by atoms with Gasteiger partial charge < -0.3 is 15.2 Å². The minimum atomic E-state index is -0.552. The molecule has 2 heterocycles. The summed E-state index contributed by atoms with van der Waals surface area (Å²) in [6.07, 6.45) is 0. The minimum Gasteiger partial charge on any atom is -0.496 e. The maximum Gasteiger partial charge on any atom is 0.246 e. The van der Waals surface area contributed by atoms with Crippen molar-refractivity contribution in [1.29, 1.82) is 0 Å². The topological polar surface area (TPSA) is 101 Å². The number of rotatable bonds is 8. The van der Waals surface area contributed by atoms with Crippen LogP contribution < -0.4 is 10.1 Å². The highest BCUT2D eigenvalue weighted by Gasteiger charge is 2.15. The molecule has 0 atom stereocenters. The molecule has 0 saturated heterocycles. The number of aromatic nitrogens is 2. The summed E-state index contributed by atoms with van der Waals surface area (Å²) in [6.45, 7) is 1.55. The Morgan fingerprint density at radius 2 is 2.07 bits per heavy atom. The number of thiophene rings is 1. The summed E-state index contributed by atoms with van der Waals surface area (Å²) >= 11 is 2.68. The predicted octanol–water partition coefficient (Wildman–Crippen LogP) is 2.59. The third kappa shape index (κ3) is 4.67. The number of fused-ring (bicyclic) bond motifs is 1. The summed E-state index contributed by atoms with van der Waals surface area (Å²) in [6, 6.07) is 9.16. The van der Waals surface area contributed by atoms with Gasteiger partial charge in [0.05, 0.1) is 35.2 Å². The van der Waals surface area contributed by atoms with E-state index in [0.29, 0.717) is 21.5 Å². The number of thioether (sulfide) groups is 1. The molecular formula is C19H19N3O4S2. The zero-order chi connectivity index (χ0) is 20.1. The molecule has 0 aliphatic carbocycles. The van der Waals surface area contributed by atoms with Crippen molar-refractivity contribution in [2.45, 2.75) is 18.5 Å². The van der Waals surface area contributed by atoms with Crippen LogP contribution in [0.2, 0.25) is 0 Å². The Morgan fingerprint density at radius 3 is 2.82 bits per heavy atom. The largest absolute Gasteiger partial charge is 0.496 e. The molecule has 0 spiro atoms. The predicted molar refractivity (Wildman–Crippen MR) is 109 cm³/mol. The molecular weight excluding hydrogens is 398 g/mol. The van der Waals surface area contributed by atoms with Gasteiger partial charge >= 0.3 is 0 Å². The lowest BCUT2D eigenvalue weighted by molar-refractivity contribution is -0.123. The molecule has 2 N–H and O–H groups in total. The molecule has 1 amide bonds. The highest BCUT2D eigenvalue weighted by atomic mass is 32.2. The molecule has 0 unspecified atom stereocenters. The van der Waals surface area contributed by atoms with Crippen LogP contribution in [-0.4, -0.2) is 46.2 Å². The highest BCUT2D eigenvalue weighted by Crippen LogP contribution is 2.33. The molecule has 9 heteroatoms. The van der Waals surface area contributed by atoms with E-state index in [-0.39, 0.29) is 18.1 Å². The minimum absolute atomic E-state index is 0.0194. The third-order valence-electron chi connectivity index (χ3n) is 3.86. The standard InChI is InChI=1S/C19H19N3O4S2/c1-11-21-13-4-3-5-15(26-2)18(13)19(22-11)27-10-14(24)16-7-6-12(28-16)8-20-17(25)9-23/h3-7,23H,8-10H2,1-2H3,(H,20,25). The van der Waals surface area contributed by atoms with E-state index in [1.807, 2.05) is 25.1 Å². The monoisotopic (exact) mass is 417 g/mol. The van der Waals surface area contributed by atoms with Crippen molar-refractivity contribution in [2.75, 3.05) is 19.5 Å². The fourth-order valence-corrected chi connectivity index (χ4v) is 4.52. The maximum absolute atomic E-state index is 12.6. The van der Waals surface area contributed by atoms with E-state index in [2.05, 4.69) is 15.3 Å². The normalized spacial score (nSPS) is 10.8. The van der Waals surface area contributed by atoms with Crippen LogP contribution in [-0.2, 0) is 11.3 Å². The van der Waals surface area contributed by atoms with Gasteiger partial charge in [0.25, 0.3) is 0 Å². The molecule has 28 heavy (non-hydrogen) atoms. The zero-order valence-corrected chi connectivity index (χ0v) is 17.0. The van der Waals surface area contributed by atoms with Gasteiger partial charge in [0.1, 0.15) is 23.2 Å². The lowest BCUT2D eigenvalue weighted by Gasteiger charge is -2.09. The van der Waals surface area contributed by atoms with Crippen LogP contribution in [0.1, 0.15) is 20.4 Å². The summed E-state index contributed by atoms with van der Waals surface area (Å²) in [7, 11) is 1.59. The smallest absolute Gasteiger partial charge is 0.246 e. The summed E-state index contributed by atoms with van der Waals surface area (Å²) in [5.41, 5.74) is 0.778. The molecule has 3 rings (SSSR count). The molecule has 2 aromatic heterocycles. The van der Waals surface area contributed by atoms with E-state index in [0.717, 1.165) is 15.8 Å². The fourth-order valence-electron chi connectivity index (χ4n) is 2.57.